The molecule has 2 fully saturated rings. The monoisotopic (exact) mass is 822 g/mol. The van der Waals surface area contributed by atoms with Gasteiger partial charge < -0.3 is 23.8 Å². The fourth-order valence-electron chi connectivity index (χ4n) is 7.42. The van der Waals surface area contributed by atoms with Crippen LogP contribution in [-0.2, 0) is 12.8 Å². The van der Waals surface area contributed by atoms with Crippen LogP contribution < -0.4 is 20.1 Å². The van der Waals surface area contributed by atoms with Crippen molar-refractivity contribution in [2.75, 3.05) is 36.8 Å². The molecule has 13 heteroatoms. The summed E-state index contributed by atoms with van der Waals surface area (Å²) >= 11 is 0. The van der Waals surface area contributed by atoms with Gasteiger partial charge in [0.25, 0.3) is 0 Å². The van der Waals surface area contributed by atoms with Gasteiger partial charge >= 0.3 is 12.1 Å². The van der Waals surface area contributed by atoms with Crippen LogP contribution >= 0.6 is 0 Å². The molecule has 4 amide bonds. The third-order valence-electron chi connectivity index (χ3n) is 11.1. The maximum Gasteiger partial charge on any atom is 0.324 e. The fourth-order valence-corrected chi connectivity index (χ4v) is 7.42. The number of anilines is 2. The summed E-state index contributed by atoms with van der Waals surface area (Å²) in [6, 6.07) is 29.4. The van der Waals surface area contributed by atoms with Gasteiger partial charge in [0.2, 0.25) is 17.6 Å². The first kappa shape index (κ1) is 42.4. The summed E-state index contributed by atoms with van der Waals surface area (Å²) in [6.07, 6.45) is 11.1. The molecular formula is C48H54N8O5. The average Bonchev–Trinajstić information content (AvgIpc) is 3.59. The lowest BCUT2D eigenvalue weighted by atomic mass is 9.90. The Bertz CT molecular complexity index is 2340. The van der Waals surface area contributed by atoms with Crippen molar-refractivity contribution in [1.82, 2.24) is 29.9 Å². The molecule has 0 unspecified atom stereocenters. The van der Waals surface area contributed by atoms with E-state index in [2.05, 4.69) is 55.0 Å². The number of likely N-dealkylation sites (tertiary alicyclic amines) is 2. The third kappa shape index (κ3) is 12.4. The molecule has 0 saturated carbocycles. The summed E-state index contributed by atoms with van der Waals surface area (Å²) in [6.45, 7) is 10.7. The van der Waals surface area contributed by atoms with Gasteiger partial charge in [-0.15, -0.1) is 0 Å². The summed E-state index contributed by atoms with van der Waals surface area (Å²) in [4.78, 5) is 41.4. The molecular weight excluding hydrogens is 769 g/mol. The van der Waals surface area contributed by atoms with Crippen LogP contribution in [0.2, 0.25) is 0 Å². The summed E-state index contributed by atoms with van der Waals surface area (Å²) in [5, 5.41) is 9.59. The Hall–Kier alpha value is -6.76. The molecule has 61 heavy (non-hydrogen) atoms. The van der Waals surface area contributed by atoms with Gasteiger partial charge in [0.05, 0.1) is 5.69 Å². The molecule has 6 aromatic rings. The summed E-state index contributed by atoms with van der Waals surface area (Å²) in [5.41, 5.74) is 6.35. The number of pyridine rings is 3. The van der Waals surface area contributed by atoms with Crippen molar-refractivity contribution in [2.24, 2.45) is 11.8 Å². The highest BCUT2D eigenvalue weighted by Crippen LogP contribution is 2.28. The highest BCUT2D eigenvalue weighted by Gasteiger charge is 2.25. The number of benzene rings is 2. The number of ether oxygens (including phenoxy) is 2. The first-order chi connectivity index (χ1) is 29.6. The van der Waals surface area contributed by atoms with E-state index in [4.69, 9.17) is 14.0 Å². The van der Waals surface area contributed by atoms with Crippen molar-refractivity contribution in [1.29, 1.82) is 0 Å². The van der Waals surface area contributed by atoms with Gasteiger partial charge in [-0.05, 0) is 137 Å². The fraction of sp³-hybridized carbons (Fsp3) is 0.333. The molecule has 0 atom stereocenters. The molecule has 2 N–H and O–H groups in total. The van der Waals surface area contributed by atoms with E-state index in [-0.39, 0.29) is 12.1 Å². The van der Waals surface area contributed by atoms with E-state index in [1.54, 1.807) is 24.7 Å². The zero-order valence-corrected chi connectivity index (χ0v) is 35.3. The zero-order chi connectivity index (χ0) is 42.6. The highest BCUT2D eigenvalue weighted by atomic mass is 16.5. The van der Waals surface area contributed by atoms with Crippen molar-refractivity contribution in [3.05, 3.63) is 143 Å². The van der Waals surface area contributed by atoms with Crippen LogP contribution in [0, 0.1) is 39.5 Å². The average molecular weight is 823 g/mol. The molecule has 8 rings (SSSR count). The molecule has 13 nitrogen and oxygen atoms in total. The molecule has 2 aliphatic rings. The van der Waals surface area contributed by atoms with Gasteiger partial charge in [-0.1, -0.05) is 47.6 Å². The Morgan fingerprint density at radius 2 is 1.16 bits per heavy atom. The first-order valence-corrected chi connectivity index (χ1v) is 21.0. The molecule has 0 bridgehead atoms. The van der Waals surface area contributed by atoms with Crippen molar-refractivity contribution in [2.45, 2.75) is 66.2 Å². The number of carbonyl (C=O) groups excluding carboxylic acids is 2. The Kier molecular flexibility index (Phi) is 14.2. The van der Waals surface area contributed by atoms with Crippen LogP contribution in [0.3, 0.4) is 0 Å². The molecule has 0 aliphatic carbocycles. The highest BCUT2D eigenvalue weighted by molar-refractivity contribution is 5.89. The maximum absolute atomic E-state index is 12.5. The van der Waals surface area contributed by atoms with Crippen LogP contribution in [-0.4, -0.2) is 68.1 Å². The minimum Gasteiger partial charge on any atom is -0.439 e. The Morgan fingerprint density at radius 1 is 0.639 bits per heavy atom. The molecule has 6 heterocycles. The van der Waals surface area contributed by atoms with E-state index in [1.807, 2.05) is 98.2 Å². The van der Waals surface area contributed by atoms with Crippen LogP contribution in [0.5, 0.6) is 23.3 Å². The van der Waals surface area contributed by atoms with Gasteiger partial charge in [0.15, 0.2) is 0 Å². The molecule has 4 aromatic heterocycles. The second-order valence-electron chi connectivity index (χ2n) is 15.9. The quantitative estimate of drug-likeness (QED) is 0.138. The van der Waals surface area contributed by atoms with Gasteiger partial charge in [-0.2, -0.15) is 0 Å². The van der Waals surface area contributed by atoms with Gasteiger partial charge in [-0.25, -0.2) is 24.5 Å². The second kappa shape index (κ2) is 20.5. The van der Waals surface area contributed by atoms with Crippen LogP contribution in [0.25, 0.3) is 0 Å². The lowest BCUT2D eigenvalue weighted by Crippen LogP contribution is -2.41. The number of piperidine rings is 2. The SMILES string of the molecule is Cc1ccc(Oc2cccc(CC3CCN(C(=O)Nc4ccccn4)CC3)c2)nc1.Cc1ccc(Oc2cccc(CC3CCN(C(=O)Nc4onc(C)c4C)CC3)c2)nc1. The molecule has 2 saturated heterocycles. The number of hydrogen-bond acceptors (Lipinski definition) is 9. The van der Waals surface area contributed by atoms with E-state index in [9.17, 15) is 9.59 Å². The number of rotatable bonds is 10. The molecule has 2 aromatic carbocycles. The van der Waals surface area contributed by atoms with E-state index >= 15 is 0 Å². The lowest BCUT2D eigenvalue weighted by molar-refractivity contribution is 0.181. The third-order valence-corrected chi connectivity index (χ3v) is 11.1. The van der Waals surface area contributed by atoms with Gasteiger partial charge in [-0.3, -0.25) is 10.6 Å². The minimum absolute atomic E-state index is 0.0758. The van der Waals surface area contributed by atoms with Crippen molar-refractivity contribution >= 4 is 23.8 Å². The van der Waals surface area contributed by atoms with E-state index < -0.39 is 0 Å². The number of aryl methyl sites for hydroxylation is 3. The predicted octanol–water partition coefficient (Wildman–Crippen LogP) is 10.3. The predicted molar refractivity (Wildman–Crippen MR) is 235 cm³/mol. The summed E-state index contributed by atoms with van der Waals surface area (Å²) in [7, 11) is 0. The first-order valence-electron chi connectivity index (χ1n) is 21.0. The van der Waals surface area contributed by atoms with Crippen molar-refractivity contribution in [3.63, 3.8) is 0 Å². The Balaban J connectivity index is 0.000000184. The largest absolute Gasteiger partial charge is 0.439 e. The normalized spacial score (nSPS) is 14.4. The van der Waals surface area contributed by atoms with Crippen LogP contribution in [0.15, 0.2) is 114 Å². The molecule has 0 spiro atoms. The number of nitrogens with zero attached hydrogens (tertiary/aromatic N) is 6. The topological polar surface area (TPSA) is 148 Å². The van der Waals surface area contributed by atoms with Gasteiger partial charge in [0.1, 0.15) is 17.3 Å². The van der Waals surface area contributed by atoms with Gasteiger partial charge in [0, 0.05) is 62.5 Å². The molecule has 0 radical (unpaired) electrons. The zero-order valence-electron chi connectivity index (χ0n) is 35.3. The Morgan fingerprint density at radius 3 is 1.61 bits per heavy atom. The smallest absolute Gasteiger partial charge is 0.324 e. The Labute approximate surface area is 357 Å². The lowest BCUT2D eigenvalue weighted by Gasteiger charge is -2.32. The molecule has 2 aliphatic heterocycles. The van der Waals surface area contributed by atoms with E-state index in [1.165, 1.54) is 11.1 Å². The number of urea groups is 2. The number of nitrogens with one attached hydrogen (secondary N) is 2. The standard InChI is InChI=1S/C24H28N4O3.C24H26N4O2/c1-16-7-8-22(25-15-16)30-21-6-4-5-20(14-21)13-19-9-11-28(12-10-19)24(29)26-23-17(2)18(3)27-31-23;1-18-8-9-23(26-17-18)30-21-6-4-5-20(16-21)15-19-10-13-28(14-11-19)24(29)27-22-7-2-3-12-25-22/h4-8,14-15,19H,9-13H2,1-3H3,(H,26,29);2-9,12,16-17,19H,10-11,13-15H2,1H3,(H,25,27,29). The number of amides is 4. The minimum atomic E-state index is -0.126. The summed E-state index contributed by atoms with van der Waals surface area (Å²) < 4.78 is 17.0. The van der Waals surface area contributed by atoms with E-state index in [0.717, 1.165) is 98.6 Å². The number of aromatic nitrogens is 4. The van der Waals surface area contributed by atoms with Crippen molar-refractivity contribution < 1.29 is 23.6 Å². The van der Waals surface area contributed by atoms with Crippen LogP contribution in [0.4, 0.5) is 21.3 Å². The van der Waals surface area contributed by atoms with Crippen molar-refractivity contribution in [3.8, 4) is 23.3 Å². The van der Waals surface area contributed by atoms with Crippen LogP contribution in [0.1, 0.15) is 59.2 Å². The van der Waals surface area contributed by atoms with E-state index in [0.29, 0.717) is 35.3 Å². The maximum atomic E-state index is 12.5. The second-order valence-corrected chi connectivity index (χ2v) is 15.9. The molecule has 316 valence electrons. The number of carbonyl (C=O) groups is 2. The summed E-state index contributed by atoms with van der Waals surface area (Å²) in [5.74, 6) is 4.90. The number of hydrogen-bond donors (Lipinski definition) is 2.